The van der Waals surface area contributed by atoms with Crippen LogP contribution in [-0.2, 0) is 19.1 Å². The average molecular weight is 348 g/mol. The molecular weight excluding hydrogens is 324 g/mol. The largest absolute Gasteiger partial charge is 0.462 e. The fraction of sp³-hybridized carbons (Fsp3) is 0.500. The molecule has 1 aliphatic rings. The van der Waals surface area contributed by atoms with Gasteiger partial charge in [-0.25, -0.2) is 4.79 Å². The van der Waals surface area contributed by atoms with Gasteiger partial charge in [0.05, 0.1) is 12.2 Å². The summed E-state index contributed by atoms with van der Waals surface area (Å²) >= 11 is 0. The second-order valence-corrected chi connectivity index (χ2v) is 5.94. The van der Waals surface area contributed by atoms with Crippen molar-refractivity contribution in [1.29, 1.82) is 0 Å². The Morgan fingerprint density at radius 2 is 1.80 bits per heavy atom. The van der Waals surface area contributed by atoms with Crippen LogP contribution in [0.3, 0.4) is 0 Å². The first-order valence-corrected chi connectivity index (χ1v) is 8.39. The topological polar surface area (TPSA) is 93.7 Å². The molecule has 1 aromatic carbocycles. The molecule has 1 aliphatic carbocycles. The van der Waals surface area contributed by atoms with Gasteiger partial charge in [0.2, 0.25) is 11.8 Å². The molecule has 0 radical (unpaired) electrons. The zero-order chi connectivity index (χ0) is 18.3. The van der Waals surface area contributed by atoms with E-state index in [1.807, 2.05) is 0 Å². The third kappa shape index (κ3) is 4.79. The molecule has 1 saturated carbocycles. The van der Waals surface area contributed by atoms with E-state index < -0.39 is 11.4 Å². The molecule has 136 valence electrons. The molecule has 0 unspecified atom stereocenters. The summed E-state index contributed by atoms with van der Waals surface area (Å²) in [6.07, 6.45) is 1.78. The van der Waals surface area contributed by atoms with E-state index in [-0.39, 0.29) is 11.8 Å². The molecule has 2 rings (SSSR count). The number of amides is 2. The number of anilines is 1. The first kappa shape index (κ1) is 18.9. The third-order valence-corrected chi connectivity index (χ3v) is 4.08. The molecule has 0 saturated heterocycles. The summed E-state index contributed by atoms with van der Waals surface area (Å²) in [5.41, 5.74) is -0.0271. The summed E-state index contributed by atoms with van der Waals surface area (Å²) in [7, 11) is 1.60. The summed E-state index contributed by atoms with van der Waals surface area (Å²) in [6.45, 7) is 3.09. The number of ether oxygens (including phenoxy) is 2. The van der Waals surface area contributed by atoms with Crippen LogP contribution in [0.15, 0.2) is 24.3 Å². The first-order chi connectivity index (χ1) is 12.0. The van der Waals surface area contributed by atoms with E-state index in [1.54, 1.807) is 38.3 Å². The Bertz CT molecular complexity index is 623. The molecule has 0 heterocycles. The normalized spacial score (nSPS) is 14.5. The lowest BCUT2D eigenvalue weighted by molar-refractivity contribution is -0.134. The van der Waals surface area contributed by atoms with Gasteiger partial charge in [0.15, 0.2) is 0 Å². The van der Waals surface area contributed by atoms with Gasteiger partial charge in [0.25, 0.3) is 0 Å². The van der Waals surface area contributed by atoms with E-state index in [9.17, 15) is 14.4 Å². The molecule has 7 heteroatoms. The van der Waals surface area contributed by atoms with Crippen molar-refractivity contribution < 1.29 is 23.9 Å². The van der Waals surface area contributed by atoms with Gasteiger partial charge >= 0.3 is 5.97 Å². The van der Waals surface area contributed by atoms with Crippen LogP contribution in [0.5, 0.6) is 0 Å². The van der Waals surface area contributed by atoms with Crippen molar-refractivity contribution in [2.45, 2.75) is 26.2 Å². The quantitative estimate of drug-likeness (QED) is 0.403. The minimum atomic E-state index is -0.979. The predicted octanol–water partition coefficient (Wildman–Crippen LogP) is 1.73. The van der Waals surface area contributed by atoms with Crippen LogP contribution in [0.25, 0.3) is 0 Å². The van der Waals surface area contributed by atoms with E-state index in [0.717, 1.165) is 0 Å². The molecule has 0 aliphatic heterocycles. The van der Waals surface area contributed by atoms with Gasteiger partial charge in [-0.05, 0) is 50.5 Å². The lowest BCUT2D eigenvalue weighted by Crippen LogP contribution is -2.40. The molecule has 0 bridgehead atoms. The molecule has 0 atom stereocenters. The van der Waals surface area contributed by atoms with Gasteiger partial charge in [-0.3, -0.25) is 9.59 Å². The van der Waals surface area contributed by atoms with Gasteiger partial charge in [0, 0.05) is 25.9 Å². The van der Waals surface area contributed by atoms with Gasteiger partial charge < -0.3 is 20.1 Å². The van der Waals surface area contributed by atoms with Crippen molar-refractivity contribution in [3.05, 3.63) is 29.8 Å². The first-order valence-electron chi connectivity index (χ1n) is 8.39. The maximum Gasteiger partial charge on any atom is 0.338 e. The molecule has 2 amide bonds. The van der Waals surface area contributed by atoms with Crippen molar-refractivity contribution >= 4 is 23.5 Å². The number of carbonyl (C=O) groups excluding carboxylic acids is 3. The molecule has 0 spiro atoms. The number of esters is 1. The van der Waals surface area contributed by atoms with Crippen LogP contribution < -0.4 is 10.6 Å². The monoisotopic (exact) mass is 348 g/mol. The second-order valence-electron chi connectivity index (χ2n) is 5.94. The highest BCUT2D eigenvalue weighted by molar-refractivity contribution is 6.13. The highest BCUT2D eigenvalue weighted by Crippen LogP contribution is 2.46. The van der Waals surface area contributed by atoms with Crippen LogP contribution in [0, 0.1) is 5.41 Å². The third-order valence-electron chi connectivity index (χ3n) is 4.08. The van der Waals surface area contributed by atoms with Crippen LogP contribution in [0.2, 0.25) is 0 Å². The molecule has 7 nitrogen and oxygen atoms in total. The second kappa shape index (κ2) is 8.62. The van der Waals surface area contributed by atoms with E-state index in [4.69, 9.17) is 9.47 Å². The number of hydrogen-bond donors (Lipinski definition) is 2. The van der Waals surface area contributed by atoms with Crippen LogP contribution in [0.1, 0.15) is 36.5 Å². The highest BCUT2D eigenvalue weighted by Gasteiger charge is 2.56. The van der Waals surface area contributed by atoms with Crippen molar-refractivity contribution in [2.75, 3.05) is 32.2 Å². The number of nitrogens with one attached hydrogen (secondary N) is 2. The molecule has 0 aromatic heterocycles. The Morgan fingerprint density at radius 3 is 2.36 bits per heavy atom. The van der Waals surface area contributed by atoms with Crippen LogP contribution in [0.4, 0.5) is 5.69 Å². The molecule has 1 fully saturated rings. The minimum Gasteiger partial charge on any atom is -0.462 e. The smallest absolute Gasteiger partial charge is 0.338 e. The van der Waals surface area contributed by atoms with E-state index in [1.165, 1.54) is 0 Å². The van der Waals surface area contributed by atoms with E-state index in [0.29, 0.717) is 50.3 Å². The summed E-state index contributed by atoms with van der Waals surface area (Å²) in [6, 6.07) is 6.41. The molecule has 2 N–H and O–H groups in total. The molecule has 1 aromatic rings. The van der Waals surface area contributed by atoms with Crippen molar-refractivity contribution in [3.63, 3.8) is 0 Å². The maximum atomic E-state index is 12.5. The maximum absolute atomic E-state index is 12.5. The summed E-state index contributed by atoms with van der Waals surface area (Å²) < 4.78 is 9.84. The van der Waals surface area contributed by atoms with Gasteiger partial charge in [0.1, 0.15) is 5.41 Å². The lowest BCUT2D eigenvalue weighted by Gasteiger charge is -2.15. The zero-order valence-corrected chi connectivity index (χ0v) is 14.6. The van der Waals surface area contributed by atoms with Gasteiger partial charge in [-0.15, -0.1) is 0 Å². The average Bonchev–Trinajstić information content (AvgIpc) is 3.41. The number of hydrogen-bond acceptors (Lipinski definition) is 5. The zero-order valence-electron chi connectivity index (χ0n) is 14.6. The summed E-state index contributed by atoms with van der Waals surface area (Å²) in [5.74, 6) is -0.973. The number of benzene rings is 1. The number of methoxy groups -OCH3 is 1. The standard InChI is InChI=1S/C18H24N2O5/c1-3-25-15(21)13-5-7-14(8-6-13)20-17(23)18(9-10-18)16(22)19-11-4-12-24-2/h5-8H,3-4,9-12H2,1-2H3,(H,19,22)(H,20,23). The predicted molar refractivity (Wildman–Crippen MR) is 92.2 cm³/mol. The van der Waals surface area contributed by atoms with Crippen molar-refractivity contribution in [2.24, 2.45) is 5.41 Å². The Kier molecular flexibility index (Phi) is 6.52. The summed E-state index contributed by atoms with van der Waals surface area (Å²) in [5, 5.41) is 5.53. The Labute approximate surface area is 147 Å². The molecular formula is C18H24N2O5. The molecule has 25 heavy (non-hydrogen) atoms. The van der Waals surface area contributed by atoms with Crippen LogP contribution >= 0.6 is 0 Å². The number of rotatable bonds is 9. The lowest BCUT2D eigenvalue weighted by atomic mass is 10.0. The van der Waals surface area contributed by atoms with Gasteiger partial charge in [-0.1, -0.05) is 0 Å². The Balaban J connectivity index is 1.90. The van der Waals surface area contributed by atoms with Crippen LogP contribution in [-0.4, -0.2) is 44.7 Å². The Morgan fingerprint density at radius 1 is 1.12 bits per heavy atom. The van der Waals surface area contributed by atoms with E-state index in [2.05, 4.69) is 10.6 Å². The highest BCUT2D eigenvalue weighted by atomic mass is 16.5. The minimum absolute atomic E-state index is 0.246. The van der Waals surface area contributed by atoms with Crippen molar-refractivity contribution in [3.8, 4) is 0 Å². The Hall–Kier alpha value is -2.41. The van der Waals surface area contributed by atoms with E-state index >= 15 is 0 Å². The van der Waals surface area contributed by atoms with Crippen molar-refractivity contribution in [1.82, 2.24) is 5.32 Å². The fourth-order valence-electron chi connectivity index (χ4n) is 2.42. The summed E-state index contributed by atoms with van der Waals surface area (Å²) in [4.78, 5) is 36.3. The fourth-order valence-corrected chi connectivity index (χ4v) is 2.42. The number of carbonyl (C=O) groups is 3. The van der Waals surface area contributed by atoms with Gasteiger partial charge in [-0.2, -0.15) is 0 Å². The SMILES string of the molecule is CCOC(=O)c1ccc(NC(=O)C2(C(=O)NCCCOC)CC2)cc1.